The van der Waals surface area contributed by atoms with Crippen molar-refractivity contribution in [3.05, 3.63) is 65.7 Å². The van der Waals surface area contributed by atoms with Crippen LogP contribution in [0.2, 0.25) is 0 Å². The molecule has 0 unspecified atom stereocenters. The highest BCUT2D eigenvalue weighted by atomic mass is 16.7. The van der Waals surface area contributed by atoms with Crippen LogP contribution in [0.15, 0.2) is 54.6 Å². The molecule has 24 heavy (non-hydrogen) atoms. The Morgan fingerprint density at radius 3 is 2.25 bits per heavy atom. The highest BCUT2D eigenvalue weighted by Crippen LogP contribution is 2.53. The lowest BCUT2D eigenvalue weighted by Gasteiger charge is -2.22. The van der Waals surface area contributed by atoms with Gasteiger partial charge >= 0.3 is 0 Å². The predicted octanol–water partition coefficient (Wildman–Crippen LogP) is 3.74. The molecule has 0 bridgehead atoms. The van der Waals surface area contributed by atoms with E-state index in [1.165, 1.54) is 5.56 Å². The summed E-state index contributed by atoms with van der Waals surface area (Å²) in [5.74, 6) is 1.33. The average molecular weight is 326 g/mol. The van der Waals surface area contributed by atoms with Crippen LogP contribution < -0.4 is 4.74 Å². The lowest BCUT2D eigenvalue weighted by atomic mass is 9.84. The zero-order valence-corrected chi connectivity index (χ0v) is 13.9. The zero-order valence-electron chi connectivity index (χ0n) is 13.9. The topological polar surface area (TPSA) is 36.9 Å². The van der Waals surface area contributed by atoms with Crippen molar-refractivity contribution in [2.45, 2.75) is 18.5 Å². The molecular weight excluding hydrogens is 304 g/mol. The summed E-state index contributed by atoms with van der Waals surface area (Å²) in [4.78, 5) is 0. The summed E-state index contributed by atoms with van der Waals surface area (Å²) >= 11 is 0. The molecular formula is C20H22O4. The van der Waals surface area contributed by atoms with Crippen molar-refractivity contribution in [3.63, 3.8) is 0 Å². The molecule has 0 aliphatic carbocycles. The van der Waals surface area contributed by atoms with Crippen molar-refractivity contribution in [1.82, 2.24) is 0 Å². The smallest absolute Gasteiger partial charge is 0.164 e. The van der Waals surface area contributed by atoms with E-state index in [2.05, 4.69) is 24.3 Å². The van der Waals surface area contributed by atoms with E-state index in [0.29, 0.717) is 12.5 Å². The van der Waals surface area contributed by atoms with Crippen molar-refractivity contribution < 1.29 is 18.9 Å². The van der Waals surface area contributed by atoms with Crippen LogP contribution in [0.1, 0.15) is 23.3 Å². The highest BCUT2D eigenvalue weighted by molar-refractivity contribution is 5.30. The lowest BCUT2D eigenvalue weighted by molar-refractivity contribution is -0.153. The minimum atomic E-state index is -0.255. The molecule has 2 aliphatic rings. The summed E-state index contributed by atoms with van der Waals surface area (Å²) in [7, 11) is 3.38. The Hall–Kier alpha value is -1.88. The molecule has 126 valence electrons. The fraction of sp³-hybridized carbons (Fsp3) is 0.400. The van der Waals surface area contributed by atoms with Gasteiger partial charge in [0.15, 0.2) is 6.29 Å². The summed E-state index contributed by atoms with van der Waals surface area (Å²) in [5, 5.41) is 0. The minimum absolute atomic E-state index is 0.0143. The third-order valence-electron chi connectivity index (χ3n) is 5.10. The molecule has 2 aromatic rings. The molecule has 0 amide bonds. The van der Waals surface area contributed by atoms with Gasteiger partial charge in [0.2, 0.25) is 0 Å². The number of methoxy groups -OCH3 is 2. The first-order chi connectivity index (χ1) is 11.8. The molecule has 4 heteroatoms. The summed E-state index contributed by atoms with van der Waals surface area (Å²) in [5.41, 5.74) is 2.33. The maximum absolute atomic E-state index is 6.23. The predicted molar refractivity (Wildman–Crippen MR) is 89.7 cm³/mol. The molecule has 0 spiro atoms. The van der Waals surface area contributed by atoms with Crippen molar-refractivity contribution in [1.29, 1.82) is 0 Å². The molecule has 0 aromatic heterocycles. The van der Waals surface area contributed by atoms with Gasteiger partial charge in [0.1, 0.15) is 5.75 Å². The Labute approximate surface area is 142 Å². The Bertz CT molecular complexity index is 670. The maximum Gasteiger partial charge on any atom is 0.164 e. The van der Waals surface area contributed by atoms with Gasteiger partial charge in [0.05, 0.1) is 25.9 Å². The van der Waals surface area contributed by atoms with Crippen molar-refractivity contribution in [2.24, 2.45) is 11.8 Å². The SMILES string of the molecule is COc1ccc([C@@H]2OC[C@H]3[C@@H]2[C@H](OC)O[C@H]3c2ccccc2)cc1. The van der Waals surface area contributed by atoms with Crippen LogP contribution in [0.25, 0.3) is 0 Å². The van der Waals surface area contributed by atoms with E-state index in [9.17, 15) is 0 Å². The molecule has 5 atom stereocenters. The molecule has 0 radical (unpaired) electrons. The van der Waals surface area contributed by atoms with Gasteiger partial charge in [-0.2, -0.15) is 0 Å². The second-order valence-electron chi connectivity index (χ2n) is 6.34. The average Bonchev–Trinajstić information content (AvgIpc) is 3.23. The van der Waals surface area contributed by atoms with E-state index in [0.717, 1.165) is 11.3 Å². The van der Waals surface area contributed by atoms with Crippen LogP contribution in [-0.2, 0) is 14.2 Å². The molecule has 0 N–H and O–H groups in total. The van der Waals surface area contributed by atoms with E-state index in [1.807, 2.05) is 30.3 Å². The second-order valence-corrected chi connectivity index (χ2v) is 6.34. The number of rotatable bonds is 4. The number of ether oxygens (including phenoxy) is 4. The molecule has 4 rings (SSSR count). The molecule has 0 saturated carbocycles. The van der Waals surface area contributed by atoms with E-state index in [1.54, 1.807) is 14.2 Å². The van der Waals surface area contributed by atoms with Gasteiger partial charge < -0.3 is 18.9 Å². The third-order valence-corrected chi connectivity index (χ3v) is 5.10. The number of hydrogen-bond donors (Lipinski definition) is 0. The minimum Gasteiger partial charge on any atom is -0.497 e. The Morgan fingerprint density at radius 2 is 1.58 bits per heavy atom. The molecule has 4 nitrogen and oxygen atoms in total. The van der Waals surface area contributed by atoms with Crippen LogP contribution in [0.5, 0.6) is 5.75 Å². The van der Waals surface area contributed by atoms with E-state index in [4.69, 9.17) is 18.9 Å². The molecule has 2 saturated heterocycles. The monoisotopic (exact) mass is 326 g/mol. The zero-order chi connectivity index (χ0) is 16.5. The van der Waals surface area contributed by atoms with Gasteiger partial charge in [-0.25, -0.2) is 0 Å². The fourth-order valence-electron chi connectivity index (χ4n) is 3.92. The molecule has 2 aromatic carbocycles. The molecule has 2 fully saturated rings. The van der Waals surface area contributed by atoms with E-state index >= 15 is 0 Å². The first-order valence-corrected chi connectivity index (χ1v) is 8.30. The number of benzene rings is 2. The third kappa shape index (κ3) is 2.61. The summed E-state index contributed by atoms with van der Waals surface area (Å²) in [6, 6.07) is 18.4. The van der Waals surface area contributed by atoms with Crippen molar-refractivity contribution >= 4 is 0 Å². The molecule has 2 aliphatic heterocycles. The summed E-state index contributed by atoms with van der Waals surface area (Å²) in [6.07, 6.45) is -0.251. The summed E-state index contributed by atoms with van der Waals surface area (Å²) in [6.45, 7) is 0.681. The van der Waals surface area contributed by atoms with Crippen LogP contribution in [0.3, 0.4) is 0 Å². The molecule has 2 heterocycles. The van der Waals surface area contributed by atoms with Gasteiger partial charge in [-0.15, -0.1) is 0 Å². The highest BCUT2D eigenvalue weighted by Gasteiger charge is 2.53. The maximum atomic E-state index is 6.23. The Kier molecular flexibility index (Phi) is 4.27. The normalized spacial score (nSPS) is 31.8. The number of hydrogen-bond acceptors (Lipinski definition) is 4. The quantitative estimate of drug-likeness (QED) is 0.857. The van der Waals surface area contributed by atoms with Crippen molar-refractivity contribution in [3.8, 4) is 5.75 Å². The fourth-order valence-corrected chi connectivity index (χ4v) is 3.92. The van der Waals surface area contributed by atoms with Gasteiger partial charge in [-0.1, -0.05) is 42.5 Å². The summed E-state index contributed by atoms with van der Waals surface area (Å²) < 4.78 is 23.3. The van der Waals surface area contributed by atoms with Gasteiger partial charge in [0, 0.05) is 18.9 Å². The van der Waals surface area contributed by atoms with Crippen LogP contribution >= 0.6 is 0 Å². The van der Waals surface area contributed by atoms with Crippen molar-refractivity contribution in [2.75, 3.05) is 20.8 Å². The van der Waals surface area contributed by atoms with Crippen LogP contribution in [0, 0.1) is 11.8 Å². The lowest BCUT2D eigenvalue weighted by Crippen LogP contribution is -2.24. The van der Waals surface area contributed by atoms with Gasteiger partial charge in [-0.05, 0) is 23.3 Å². The second kappa shape index (κ2) is 6.55. The Balaban J connectivity index is 1.62. The standard InChI is InChI=1S/C20H22O4/c1-21-15-10-8-14(9-11-15)19-17-16(12-23-19)18(24-20(17)22-2)13-6-4-3-5-7-13/h3-11,16-20H,12H2,1-2H3/t16-,17-,18-,19-,20+/m0/s1. The van der Waals surface area contributed by atoms with E-state index < -0.39 is 0 Å². The number of fused-ring (bicyclic) bond motifs is 1. The van der Waals surface area contributed by atoms with Crippen LogP contribution in [-0.4, -0.2) is 27.1 Å². The first-order valence-electron chi connectivity index (χ1n) is 8.30. The van der Waals surface area contributed by atoms with Gasteiger partial charge in [0.25, 0.3) is 0 Å². The van der Waals surface area contributed by atoms with Gasteiger partial charge in [-0.3, -0.25) is 0 Å². The van der Waals surface area contributed by atoms with Crippen LogP contribution in [0.4, 0.5) is 0 Å². The first kappa shape index (κ1) is 15.6. The van der Waals surface area contributed by atoms with E-state index in [-0.39, 0.29) is 24.4 Å². The largest absolute Gasteiger partial charge is 0.497 e. The Morgan fingerprint density at radius 1 is 0.875 bits per heavy atom.